The molecular formula is C13H10FN3O4. The second-order valence-electron chi connectivity index (χ2n) is 4.13. The molecule has 0 spiro atoms. The predicted molar refractivity (Wildman–Crippen MR) is 70.8 cm³/mol. The topological polar surface area (TPSA) is 101 Å². The molecule has 1 amide bonds. The molecule has 108 valence electrons. The molecule has 0 fully saturated rings. The number of aromatic carboxylic acids is 1. The minimum atomic E-state index is -1.38. The van der Waals surface area contributed by atoms with E-state index >= 15 is 0 Å². The van der Waals surface area contributed by atoms with Gasteiger partial charge < -0.3 is 10.4 Å². The van der Waals surface area contributed by atoms with Crippen LogP contribution >= 0.6 is 0 Å². The molecule has 0 aliphatic carbocycles. The molecule has 8 heteroatoms. The van der Waals surface area contributed by atoms with Crippen LogP contribution in [-0.4, -0.2) is 26.8 Å². The van der Waals surface area contributed by atoms with Crippen molar-refractivity contribution >= 4 is 17.6 Å². The fraction of sp³-hybridized carbons (Fsp3) is 0.0769. The van der Waals surface area contributed by atoms with Crippen molar-refractivity contribution in [3.63, 3.8) is 0 Å². The Labute approximate surface area is 117 Å². The van der Waals surface area contributed by atoms with E-state index in [4.69, 9.17) is 5.11 Å². The van der Waals surface area contributed by atoms with Crippen LogP contribution < -0.4 is 10.9 Å². The lowest BCUT2D eigenvalue weighted by molar-refractivity contribution is 0.0697. The van der Waals surface area contributed by atoms with Gasteiger partial charge in [0.05, 0.1) is 11.3 Å². The van der Waals surface area contributed by atoms with Crippen LogP contribution in [0.5, 0.6) is 0 Å². The molecule has 2 N–H and O–H groups in total. The number of hydrogen-bond acceptors (Lipinski definition) is 4. The fourth-order valence-corrected chi connectivity index (χ4v) is 1.61. The van der Waals surface area contributed by atoms with E-state index in [9.17, 15) is 18.8 Å². The number of anilines is 1. The van der Waals surface area contributed by atoms with Gasteiger partial charge in [-0.1, -0.05) is 0 Å². The monoisotopic (exact) mass is 291 g/mol. The van der Waals surface area contributed by atoms with Gasteiger partial charge in [-0.25, -0.2) is 13.9 Å². The summed E-state index contributed by atoms with van der Waals surface area (Å²) in [5.74, 6) is -2.82. The van der Waals surface area contributed by atoms with E-state index < -0.39 is 17.7 Å². The number of aryl methyl sites for hydroxylation is 1. The fourth-order valence-electron chi connectivity index (χ4n) is 1.61. The second kappa shape index (κ2) is 5.53. The van der Waals surface area contributed by atoms with Gasteiger partial charge >= 0.3 is 5.97 Å². The molecular weight excluding hydrogens is 281 g/mol. The lowest BCUT2D eigenvalue weighted by Crippen LogP contribution is -2.24. The summed E-state index contributed by atoms with van der Waals surface area (Å²) in [7, 11) is 1.37. The van der Waals surface area contributed by atoms with Gasteiger partial charge in [-0.2, -0.15) is 5.10 Å². The minimum Gasteiger partial charge on any atom is -0.478 e. The Morgan fingerprint density at radius 2 is 2.00 bits per heavy atom. The third kappa shape index (κ3) is 3.11. The number of nitrogens with zero attached hydrogens (tertiary/aromatic N) is 2. The molecule has 1 heterocycles. The maximum Gasteiger partial charge on any atom is 0.337 e. The van der Waals surface area contributed by atoms with Crippen LogP contribution in [0.1, 0.15) is 20.8 Å². The van der Waals surface area contributed by atoms with Crippen LogP contribution in [0.25, 0.3) is 0 Å². The van der Waals surface area contributed by atoms with Crippen molar-refractivity contribution in [2.24, 2.45) is 7.05 Å². The predicted octanol–water partition coefficient (Wildman–Crippen LogP) is 0.870. The summed E-state index contributed by atoms with van der Waals surface area (Å²) in [4.78, 5) is 34.2. The number of carboxylic acids is 1. The van der Waals surface area contributed by atoms with Crippen LogP contribution in [0.15, 0.2) is 35.1 Å². The number of carboxylic acid groups (broad SMARTS) is 1. The van der Waals surface area contributed by atoms with Crippen LogP contribution in [0.4, 0.5) is 10.1 Å². The van der Waals surface area contributed by atoms with Gasteiger partial charge in [0.1, 0.15) is 11.5 Å². The van der Waals surface area contributed by atoms with Crippen molar-refractivity contribution in [3.8, 4) is 0 Å². The van der Waals surface area contributed by atoms with E-state index in [0.717, 1.165) is 28.9 Å². The summed E-state index contributed by atoms with van der Waals surface area (Å²) in [5.41, 5.74) is -0.907. The molecule has 0 radical (unpaired) electrons. The first-order chi connectivity index (χ1) is 9.88. The van der Waals surface area contributed by atoms with Crippen molar-refractivity contribution in [1.29, 1.82) is 0 Å². The maximum atomic E-state index is 13.0. The largest absolute Gasteiger partial charge is 0.478 e. The van der Waals surface area contributed by atoms with E-state index in [1.54, 1.807) is 0 Å². The number of benzene rings is 1. The highest BCUT2D eigenvalue weighted by molar-refractivity contribution is 6.06. The Kier molecular flexibility index (Phi) is 3.79. The highest BCUT2D eigenvalue weighted by atomic mass is 19.1. The van der Waals surface area contributed by atoms with Gasteiger partial charge in [0.25, 0.3) is 11.5 Å². The van der Waals surface area contributed by atoms with Crippen LogP contribution in [0, 0.1) is 5.82 Å². The zero-order valence-electron chi connectivity index (χ0n) is 10.8. The van der Waals surface area contributed by atoms with Crippen molar-refractivity contribution in [2.75, 3.05) is 5.32 Å². The normalized spacial score (nSPS) is 10.2. The van der Waals surface area contributed by atoms with Crippen molar-refractivity contribution < 1.29 is 19.1 Å². The first kappa shape index (κ1) is 14.4. The Morgan fingerprint density at radius 3 is 2.62 bits per heavy atom. The molecule has 0 unspecified atom stereocenters. The number of amides is 1. The van der Waals surface area contributed by atoms with E-state index in [2.05, 4.69) is 10.4 Å². The molecule has 0 aliphatic heterocycles. The smallest absolute Gasteiger partial charge is 0.337 e. The highest BCUT2D eigenvalue weighted by Crippen LogP contribution is 2.17. The Bertz CT molecular complexity index is 785. The SMILES string of the molecule is Cn1nc(C(=O)Nc2ccc(F)cc2C(=O)O)ccc1=O. The first-order valence-corrected chi connectivity index (χ1v) is 5.77. The van der Waals surface area contributed by atoms with Crippen molar-refractivity contribution in [2.45, 2.75) is 0 Å². The van der Waals surface area contributed by atoms with E-state index in [0.29, 0.717) is 0 Å². The summed E-state index contributed by atoms with van der Waals surface area (Å²) in [6.07, 6.45) is 0. The zero-order chi connectivity index (χ0) is 15.6. The Hall–Kier alpha value is -3.03. The quantitative estimate of drug-likeness (QED) is 0.873. The summed E-state index contributed by atoms with van der Waals surface area (Å²) in [6, 6.07) is 5.33. The average Bonchev–Trinajstić information content (AvgIpc) is 2.43. The molecule has 0 saturated carbocycles. The average molecular weight is 291 g/mol. The van der Waals surface area contributed by atoms with E-state index in [1.165, 1.54) is 13.1 Å². The Balaban J connectivity index is 2.33. The molecule has 1 aromatic heterocycles. The van der Waals surface area contributed by atoms with Crippen LogP contribution in [0.3, 0.4) is 0 Å². The van der Waals surface area contributed by atoms with Gasteiger partial charge in [0.15, 0.2) is 0 Å². The molecule has 2 aromatic rings. The van der Waals surface area contributed by atoms with E-state index in [1.807, 2.05) is 0 Å². The summed E-state index contributed by atoms with van der Waals surface area (Å²) in [5, 5.41) is 15.0. The molecule has 0 aliphatic rings. The molecule has 21 heavy (non-hydrogen) atoms. The number of halogens is 1. The molecule has 0 saturated heterocycles. The molecule has 0 bridgehead atoms. The summed E-state index contributed by atoms with van der Waals surface area (Å²) in [6.45, 7) is 0. The third-order valence-corrected chi connectivity index (χ3v) is 2.65. The summed E-state index contributed by atoms with van der Waals surface area (Å²) < 4.78 is 14.0. The molecule has 1 aromatic carbocycles. The number of aromatic nitrogens is 2. The lowest BCUT2D eigenvalue weighted by atomic mass is 10.1. The standard InChI is InChI=1S/C13H10FN3O4/c1-17-11(18)5-4-10(16-17)12(19)15-9-3-2-7(14)6-8(9)13(20)21/h2-6H,1H3,(H,15,19)(H,20,21). The van der Waals surface area contributed by atoms with Gasteiger partial charge in [-0.3, -0.25) is 9.59 Å². The van der Waals surface area contributed by atoms with E-state index in [-0.39, 0.29) is 22.5 Å². The lowest BCUT2D eigenvalue weighted by Gasteiger charge is -2.08. The maximum absolute atomic E-state index is 13.0. The van der Waals surface area contributed by atoms with Gasteiger partial charge in [0, 0.05) is 13.1 Å². The van der Waals surface area contributed by atoms with Crippen LogP contribution in [-0.2, 0) is 7.05 Å². The number of rotatable bonds is 3. The summed E-state index contributed by atoms with van der Waals surface area (Å²) >= 11 is 0. The Morgan fingerprint density at radius 1 is 1.29 bits per heavy atom. The molecule has 7 nitrogen and oxygen atoms in total. The van der Waals surface area contributed by atoms with Crippen LogP contribution in [0.2, 0.25) is 0 Å². The first-order valence-electron chi connectivity index (χ1n) is 5.77. The molecule has 0 atom stereocenters. The van der Waals surface area contributed by atoms with Crippen molar-refractivity contribution in [3.05, 3.63) is 57.8 Å². The number of carbonyl (C=O) groups is 2. The van der Waals surface area contributed by atoms with Gasteiger partial charge in [-0.05, 0) is 24.3 Å². The van der Waals surface area contributed by atoms with Gasteiger partial charge in [-0.15, -0.1) is 0 Å². The third-order valence-electron chi connectivity index (χ3n) is 2.65. The van der Waals surface area contributed by atoms with Gasteiger partial charge in [0.2, 0.25) is 0 Å². The number of hydrogen-bond donors (Lipinski definition) is 2. The number of carbonyl (C=O) groups excluding carboxylic acids is 1. The number of nitrogens with one attached hydrogen (secondary N) is 1. The minimum absolute atomic E-state index is 0.0652. The molecule has 2 rings (SSSR count). The zero-order valence-corrected chi connectivity index (χ0v) is 10.8. The highest BCUT2D eigenvalue weighted by Gasteiger charge is 2.15. The second-order valence-corrected chi connectivity index (χ2v) is 4.13. The van der Waals surface area contributed by atoms with Crippen molar-refractivity contribution in [1.82, 2.24) is 9.78 Å².